The minimum Gasteiger partial charge on any atom is -0.332 e. The summed E-state index contributed by atoms with van der Waals surface area (Å²) in [6.07, 6.45) is 2.71. The van der Waals surface area contributed by atoms with Gasteiger partial charge in [-0.25, -0.2) is 0 Å². The molecule has 6 heteroatoms. The number of nitrogens with one attached hydrogen (secondary N) is 1. The normalized spacial score (nSPS) is 17.2. The Morgan fingerprint density at radius 3 is 2.67 bits per heavy atom. The number of aromatic nitrogens is 2. The lowest BCUT2D eigenvalue weighted by molar-refractivity contribution is -0.904. The monoisotopic (exact) mass is 271 g/mol. The lowest BCUT2D eigenvalue weighted by Crippen LogP contribution is -3.14. The maximum Gasteiger partial charge on any atom is 0.274 e. The molecule has 1 fully saturated rings. The molecular weight excluding hydrogens is 252 g/mol. The molecule has 100 valence electrons. The van der Waals surface area contributed by atoms with Crippen LogP contribution >= 0.6 is 11.6 Å². The fourth-order valence-corrected chi connectivity index (χ4v) is 2.68. The molecule has 1 aliphatic heterocycles. The molecule has 1 aromatic heterocycles. The van der Waals surface area contributed by atoms with Gasteiger partial charge in [0.1, 0.15) is 5.69 Å². The van der Waals surface area contributed by atoms with Crippen LogP contribution in [-0.4, -0.2) is 53.3 Å². The van der Waals surface area contributed by atoms with Gasteiger partial charge >= 0.3 is 0 Å². The molecule has 0 aromatic carbocycles. The average molecular weight is 272 g/mol. The van der Waals surface area contributed by atoms with Crippen molar-refractivity contribution in [3.8, 4) is 0 Å². The zero-order valence-electron chi connectivity index (χ0n) is 10.9. The van der Waals surface area contributed by atoms with Crippen LogP contribution in [0.5, 0.6) is 0 Å². The van der Waals surface area contributed by atoms with Gasteiger partial charge in [-0.3, -0.25) is 9.48 Å². The van der Waals surface area contributed by atoms with Gasteiger partial charge in [-0.15, -0.1) is 0 Å². The molecule has 2 rings (SSSR count). The Labute approximate surface area is 112 Å². The summed E-state index contributed by atoms with van der Waals surface area (Å²) in [6.45, 7) is 7.03. The van der Waals surface area contributed by atoms with Crippen molar-refractivity contribution in [2.24, 2.45) is 7.05 Å². The predicted octanol–water partition coefficient (Wildman–Crippen LogP) is -0.176. The van der Waals surface area contributed by atoms with E-state index < -0.39 is 0 Å². The molecule has 0 atom stereocenters. The van der Waals surface area contributed by atoms with Crippen LogP contribution in [-0.2, 0) is 7.05 Å². The maximum atomic E-state index is 12.3. The van der Waals surface area contributed by atoms with E-state index in [1.165, 1.54) is 19.2 Å². The highest BCUT2D eigenvalue weighted by molar-refractivity contribution is 6.33. The van der Waals surface area contributed by atoms with Crippen LogP contribution in [0.15, 0.2) is 6.20 Å². The molecule has 0 saturated carbocycles. The van der Waals surface area contributed by atoms with Gasteiger partial charge in [0.15, 0.2) is 0 Å². The highest BCUT2D eigenvalue weighted by Gasteiger charge is 2.27. The van der Waals surface area contributed by atoms with Crippen molar-refractivity contribution in [1.82, 2.24) is 14.7 Å². The summed E-state index contributed by atoms with van der Waals surface area (Å²) in [7, 11) is 1.75. The Balaban J connectivity index is 2.00. The molecule has 0 spiro atoms. The number of rotatable bonds is 3. The molecule has 0 bridgehead atoms. The molecule has 2 heterocycles. The second kappa shape index (κ2) is 5.71. The van der Waals surface area contributed by atoms with E-state index in [0.29, 0.717) is 10.7 Å². The van der Waals surface area contributed by atoms with E-state index >= 15 is 0 Å². The number of piperazine rings is 1. The van der Waals surface area contributed by atoms with Gasteiger partial charge in [-0.2, -0.15) is 5.10 Å². The third-order valence-electron chi connectivity index (χ3n) is 3.46. The minimum atomic E-state index is -0.00412. The topological polar surface area (TPSA) is 42.6 Å². The summed E-state index contributed by atoms with van der Waals surface area (Å²) in [5.41, 5.74) is 0.496. The summed E-state index contributed by atoms with van der Waals surface area (Å²) in [6, 6.07) is 0. The number of nitrogens with zero attached hydrogens (tertiary/aromatic N) is 3. The molecular formula is C12H20ClN4O+. The summed E-state index contributed by atoms with van der Waals surface area (Å²) < 4.78 is 1.55. The van der Waals surface area contributed by atoms with Gasteiger partial charge in [-0.1, -0.05) is 18.5 Å². The Kier molecular flexibility index (Phi) is 4.24. The Hall–Kier alpha value is -1.07. The first-order valence-corrected chi connectivity index (χ1v) is 6.81. The van der Waals surface area contributed by atoms with E-state index in [2.05, 4.69) is 12.0 Å². The number of quaternary nitrogens is 1. The van der Waals surface area contributed by atoms with Crippen molar-refractivity contribution in [1.29, 1.82) is 0 Å². The Morgan fingerprint density at radius 2 is 2.17 bits per heavy atom. The van der Waals surface area contributed by atoms with Gasteiger partial charge in [0.05, 0.1) is 43.9 Å². The molecule has 0 aliphatic carbocycles. The molecule has 1 amide bonds. The predicted molar refractivity (Wildman–Crippen MR) is 70.0 cm³/mol. The largest absolute Gasteiger partial charge is 0.332 e. The standard InChI is InChI=1S/C12H19ClN4O/c1-3-4-16-5-7-17(8-6-16)12(18)11-10(13)9-14-15(11)2/h9H,3-8H2,1-2H3/p+1. The number of halogens is 1. The minimum absolute atomic E-state index is 0.00412. The highest BCUT2D eigenvalue weighted by atomic mass is 35.5. The lowest BCUT2D eigenvalue weighted by Gasteiger charge is -2.32. The van der Waals surface area contributed by atoms with Crippen molar-refractivity contribution in [3.63, 3.8) is 0 Å². The summed E-state index contributed by atoms with van der Waals surface area (Å²) in [5, 5.41) is 4.44. The van der Waals surface area contributed by atoms with E-state index in [9.17, 15) is 4.79 Å². The number of carbonyl (C=O) groups is 1. The molecule has 1 aliphatic rings. The van der Waals surface area contributed by atoms with Crippen molar-refractivity contribution >= 4 is 17.5 Å². The maximum absolute atomic E-state index is 12.3. The van der Waals surface area contributed by atoms with Crippen LogP contribution in [0.2, 0.25) is 5.02 Å². The molecule has 0 unspecified atom stereocenters. The molecule has 18 heavy (non-hydrogen) atoms. The fourth-order valence-electron chi connectivity index (χ4n) is 2.43. The molecule has 1 aromatic rings. The van der Waals surface area contributed by atoms with Crippen LogP contribution in [0.1, 0.15) is 23.8 Å². The third kappa shape index (κ3) is 2.67. The third-order valence-corrected chi connectivity index (χ3v) is 3.73. The zero-order chi connectivity index (χ0) is 13.1. The molecule has 1 N–H and O–H groups in total. The van der Waals surface area contributed by atoms with E-state index in [4.69, 9.17) is 11.6 Å². The smallest absolute Gasteiger partial charge is 0.274 e. The van der Waals surface area contributed by atoms with Gasteiger partial charge in [0.2, 0.25) is 0 Å². The average Bonchev–Trinajstić information content (AvgIpc) is 2.70. The van der Waals surface area contributed by atoms with Gasteiger partial charge in [0, 0.05) is 7.05 Å². The number of carbonyl (C=O) groups excluding carboxylic acids is 1. The van der Waals surface area contributed by atoms with Gasteiger partial charge in [0.25, 0.3) is 5.91 Å². The number of amides is 1. The van der Waals surface area contributed by atoms with Crippen LogP contribution < -0.4 is 4.90 Å². The fraction of sp³-hybridized carbons (Fsp3) is 0.667. The molecule has 1 saturated heterocycles. The van der Waals surface area contributed by atoms with E-state index in [1.54, 1.807) is 16.6 Å². The second-order valence-electron chi connectivity index (χ2n) is 4.76. The second-order valence-corrected chi connectivity index (χ2v) is 5.16. The van der Waals surface area contributed by atoms with Crippen molar-refractivity contribution in [3.05, 3.63) is 16.9 Å². The number of hydrogen-bond acceptors (Lipinski definition) is 2. The molecule has 5 nitrogen and oxygen atoms in total. The number of hydrogen-bond donors (Lipinski definition) is 1. The van der Waals surface area contributed by atoms with E-state index in [0.717, 1.165) is 26.2 Å². The summed E-state index contributed by atoms with van der Waals surface area (Å²) in [4.78, 5) is 15.8. The van der Waals surface area contributed by atoms with Gasteiger partial charge in [-0.05, 0) is 6.42 Å². The summed E-state index contributed by atoms with van der Waals surface area (Å²) >= 11 is 6.00. The van der Waals surface area contributed by atoms with Crippen molar-refractivity contribution < 1.29 is 9.69 Å². The SMILES string of the molecule is CCC[NH+]1CCN(C(=O)c2c(Cl)cnn2C)CC1. The van der Waals surface area contributed by atoms with Crippen molar-refractivity contribution in [2.45, 2.75) is 13.3 Å². The first kappa shape index (κ1) is 13.4. The van der Waals surface area contributed by atoms with Crippen LogP contribution in [0.3, 0.4) is 0 Å². The first-order chi connectivity index (χ1) is 8.63. The van der Waals surface area contributed by atoms with E-state index in [1.807, 2.05) is 4.90 Å². The van der Waals surface area contributed by atoms with Crippen LogP contribution in [0.4, 0.5) is 0 Å². The van der Waals surface area contributed by atoms with Crippen molar-refractivity contribution in [2.75, 3.05) is 32.7 Å². The summed E-state index contributed by atoms with van der Waals surface area (Å²) in [5.74, 6) is -0.00412. The highest BCUT2D eigenvalue weighted by Crippen LogP contribution is 2.16. The Bertz CT molecular complexity index is 404. The number of aryl methyl sites for hydroxylation is 1. The van der Waals surface area contributed by atoms with Crippen LogP contribution in [0.25, 0.3) is 0 Å². The van der Waals surface area contributed by atoms with Gasteiger partial charge < -0.3 is 9.80 Å². The zero-order valence-corrected chi connectivity index (χ0v) is 11.7. The lowest BCUT2D eigenvalue weighted by atomic mass is 10.2. The Morgan fingerprint density at radius 1 is 1.50 bits per heavy atom. The van der Waals surface area contributed by atoms with E-state index in [-0.39, 0.29) is 5.91 Å². The van der Waals surface area contributed by atoms with Crippen LogP contribution in [0, 0.1) is 0 Å². The quantitative estimate of drug-likeness (QED) is 0.829. The first-order valence-electron chi connectivity index (χ1n) is 6.43. The molecule has 0 radical (unpaired) electrons.